The molecule has 0 aromatic heterocycles. The van der Waals surface area contributed by atoms with Gasteiger partial charge < -0.3 is 11.1 Å². The zero-order chi connectivity index (χ0) is 13.8. The van der Waals surface area contributed by atoms with Crippen molar-refractivity contribution in [2.24, 2.45) is 17.6 Å². The first kappa shape index (κ1) is 14.1. The maximum Gasteiger partial charge on any atom is 0.251 e. The summed E-state index contributed by atoms with van der Waals surface area (Å²) in [4.78, 5) is 12.3. The minimum absolute atomic E-state index is 0.0540. The molecule has 1 aliphatic rings. The van der Waals surface area contributed by atoms with Gasteiger partial charge in [0.15, 0.2) is 0 Å². The van der Waals surface area contributed by atoms with Crippen LogP contribution in [0.25, 0.3) is 0 Å². The minimum atomic E-state index is 0.0540. The summed E-state index contributed by atoms with van der Waals surface area (Å²) < 4.78 is 0. The Hall–Kier alpha value is -1.35. The zero-order valence-electron chi connectivity index (χ0n) is 11.9. The van der Waals surface area contributed by atoms with Crippen LogP contribution in [-0.2, 0) is 0 Å². The van der Waals surface area contributed by atoms with Crippen molar-refractivity contribution in [2.45, 2.75) is 33.1 Å². The average Bonchev–Trinajstić information content (AvgIpc) is 2.83. The molecule has 2 atom stereocenters. The predicted molar refractivity (Wildman–Crippen MR) is 78.1 cm³/mol. The van der Waals surface area contributed by atoms with E-state index in [-0.39, 0.29) is 5.91 Å². The van der Waals surface area contributed by atoms with Crippen molar-refractivity contribution in [3.05, 3.63) is 34.9 Å². The fourth-order valence-electron chi connectivity index (χ4n) is 3.18. The molecular formula is C16H24N2O. The first-order chi connectivity index (χ1) is 9.13. The molecule has 19 heavy (non-hydrogen) atoms. The SMILES string of the molecule is Cc1cccc(C)c1C(=O)NCC1CCCC1CN. The number of amides is 1. The Morgan fingerprint density at radius 1 is 1.26 bits per heavy atom. The second-order valence-corrected chi connectivity index (χ2v) is 5.66. The van der Waals surface area contributed by atoms with Gasteiger partial charge in [0, 0.05) is 12.1 Å². The Morgan fingerprint density at radius 2 is 1.89 bits per heavy atom. The molecule has 0 spiro atoms. The summed E-state index contributed by atoms with van der Waals surface area (Å²) in [6.45, 7) is 5.47. The summed E-state index contributed by atoms with van der Waals surface area (Å²) in [6, 6.07) is 5.96. The number of nitrogens with one attached hydrogen (secondary N) is 1. The van der Waals surface area contributed by atoms with E-state index in [0.29, 0.717) is 11.8 Å². The van der Waals surface area contributed by atoms with E-state index < -0.39 is 0 Å². The highest BCUT2D eigenvalue weighted by Crippen LogP contribution is 2.30. The Balaban J connectivity index is 1.98. The molecule has 2 unspecified atom stereocenters. The Morgan fingerprint density at radius 3 is 2.53 bits per heavy atom. The molecule has 104 valence electrons. The van der Waals surface area contributed by atoms with Gasteiger partial charge in [-0.05, 0) is 56.2 Å². The van der Waals surface area contributed by atoms with E-state index in [4.69, 9.17) is 5.73 Å². The van der Waals surface area contributed by atoms with Gasteiger partial charge in [-0.25, -0.2) is 0 Å². The van der Waals surface area contributed by atoms with E-state index in [1.54, 1.807) is 0 Å². The molecule has 0 radical (unpaired) electrons. The highest BCUT2D eigenvalue weighted by atomic mass is 16.1. The molecule has 1 saturated carbocycles. The highest BCUT2D eigenvalue weighted by molar-refractivity contribution is 5.97. The number of rotatable bonds is 4. The van der Waals surface area contributed by atoms with Crippen molar-refractivity contribution in [1.82, 2.24) is 5.32 Å². The van der Waals surface area contributed by atoms with Crippen molar-refractivity contribution in [3.63, 3.8) is 0 Å². The molecule has 1 fully saturated rings. The van der Waals surface area contributed by atoms with Gasteiger partial charge in [0.1, 0.15) is 0 Å². The third-order valence-electron chi connectivity index (χ3n) is 4.35. The fourth-order valence-corrected chi connectivity index (χ4v) is 3.18. The largest absolute Gasteiger partial charge is 0.352 e. The normalized spacial score (nSPS) is 22.5. The van der Waals surface area contributed by atoms with Crippen molar-refractivity contribution >= 4 is 5.91 Å². The molecular weight excluding hydrogens is 236 g/mol. The van der Waals surface area contributed by atoms with Crippen molar-refractivity contribution < 1.29 is 4.79 Å². The van der Waals surface area contributed by atoms with E-state index in [0.717, 1.165) is 29.8 Å². The van der Waals surface area contributed by atoms with Gasteiger partial charge in [-0.1, -0.05) is 24.6 Å². The quantitative estimate of drug-likeness (QED) is 0.873. The monoisotopic (exact) mass is 260 g/mol. The molecule has 1 aromatic rings. The molecule has 3 N–H and O–H groups in total. The number of aryl methyl sites for hydroxylation is 2. The lowest BCUT2D eigenvalue weighted by molar-refractivity contribution is 0.0943. The summed E-state index contributed by atoms with van der Waals surface area (Å²) in [7, 11) is 0. The third-order valence-corrected chi connectivity index (χ3v) is 4.35. The standard InChI is InChI=1S/C16H24N2O/c1-11-5-3-6-12(2)15(11)16(19)18-10-14-8-4-7-13(14)9-17/h3,5-6,13-14H,4,7-10,17H2,1-2H3,(H,18,19). The molecule has 0 heterocycles. The van der Waals surface area contributed by atoms with E-state index in [1.807, 2.05) is 32.0 Å². The molecule has 1 aliphatic carbocycles. The number of carbonyl (C=O) groups excluding carboxylic acids is 1. The Kier molecular flexibility index (Phi) is 4.59. The van der Waals surface area contributed by atoms with Crippen molar-refractivity contribution in [2.75, 3.05) is 13.1 Å². The molecule has 0 saturated heterocycles. The maximum atomic E-state index is 12.3. The fraction of sp³-hybridized carbons (Fsp3) is 0.562. The Bertz CT molecular complexity index is 436. The first-order valence-electron chi connectivity index (χ1n) is 7.18. The molecule has 2 rings (SSSR count). The lowest BCUT2D eigenvalue weighted by Crippen LogP contribution is -2.33. The topological polar surface area (TPSA) is 55.1 Å². The number of nitrogens with two attached hydrogens (primary N) is 1. The van der Waals surface area contributed by atoms with Crippen LogP contribution in [-0.4, -0.2) is 19.0 Å². The van der Waals surface area contributed by atoms with Gasteiger partial charge in [-0.2, -0.15) is 0 Å². The zero-order valence-corrected chi connectivity index (χ0v) is 11.9. The molecule has 1 aromatic carbocycles. The summed E-state index contributed by atoms with van der Waals surface area (Å²) in [5, 5.41) is 3.09. The summed E-state index contributed by atoms with van der Waals surface area (Å²) in [5.74, 6) is 1.19. The van der Waals surface area contributed by atoms with Gasteiger partial charge in [0.2, 0.25) is 0 Å². The highest BCUT2D eigenvalue weighted by Gasteiger charge is 2.26. The number of hydrogen-bond donors (Lipinski definition) is 2. The van der Waals surface area contributed by atoms with Crippen LogP contribution in [0.4, 0.5) is 0 Å². The van der Waals surface area contributed by atoms with Gasteiger partial charge in [-0.15, -0.1) is 0 Å². The lowest BCUT2D eigenvalue weighted by atomic mass is 9.96. The van der Waals surface area contributed by atoms with Crippen molar-refractivity contribution in [3.8, 4) is 0 Å². The predicted octanol–water partition coefficient (Wildman–Crippen LogP) is 2.41. The molecule has 1 amide bonds. The second-order valence-electron chi connectivity index (χ2n) is 5.66. The van der Waals surface area contributed by atoms with Crippen LogP contribution in [0.2, 0.25) is 0 Å². The van der Waals surface area contributed by atoms with E-state index >= 15 is 0 Å². The van der Waals surface area contributed by atoms with Crippen LogP contribution in [0.3, 0.4) is 0 Å². The van der Waals surface area contributed by atoms with E-state index in [1.165, 1.54) is 19.3 Å². The summed E-state index contributed by atoms with van der Waals surface area (Å²) >= 11 is 0. The van der Waals surface area contributed by atoms with Gasteiger partial charge in [0.05, 0.1) is 0 Å². The van der Waals surface area contributed by atoms with E-state index in [2.05, 4.69) is 5.32 Å². The molecule has 3 nitrogen and oxygen atoms in total. The van der Waals surface area contributed by atoms with Gasteiger partial charge >= 0.3 is 0 Å². The number of carbonyl (C=O) groups is 1. The summed E-state index contributed by atoms with van der Waals surface area (Å²) in [6.07, 6.45) is 3.64. The smallest absolute Gasteiger partial charge is 0.251 e. The molecule has 3 heteroatoms. The number of benzene rings is 1. The minimum Gasteiger partial charge on any atom is -0.352 e. The van der Waals surface area contributed by atoms with Crippen molar-refractivity contribution in [1.29, 1.82) is 0 Å². The Labute approximate surface area is 115 Å². The lowest BCUT2D eigenvalue weighted by Gasteiger charge is -2.19. The van der Waals surface area contributed by atoms with Crippen LogP contribution in [0.1, 0.15) is 40.7 Å². The van der Waals surface area contributed by atoms with Crippen LogP contribution in [0.5, 0.6) is 0 Å². The van der Waals surface area contributed by atoms with Gasteiger partial charge in [0.25, 0.3) is 5.91 Å². The third kappa shape index (κ3) is 3.16. The van der Waals surface area contributed by atoms with Crippen LogP contribution < -0.4 is 11.1 Å². The number of hydrogen-bond acceptors (Lipinski definition) is 2. The maximum absolute atomic E-state index is 12.3. The molecule has 0 aliphatic heterocycles. The molecule has 0 bridgehead atoms. The van der Waals surface area contributed by atoms with Crippen LogP contribution >= 0.6 is 0 Å². The van der Waals surface area contributed by atoms with E-state index in [9.17, 15) is 4.79 Å². The summed E-state index contributed by atoms with van der Waals surface area (Å²) in [5.41, 5.74) is 8.68. The van der Waals surface area contributed by atoms with Crippen LogP contribution in [0, 0.1) is 25.7 Å². The van der Waals surface area contributed by atoms with Crippen LogP contribution in [0.15, 0.2) is 18.2 Å². The first-order valence-corrected chi connectivity index (χ1v) is 7.18. The average molecular weight is 260 g/mol. The second kappa shape index (κ2) is 6.20. The van der Waals surface area contributed by atoms with Gasteiger partial charge in [-0.3, -0.25) is 4.79 Å².